The summed E-state index contributed by atoms with van der Waals surface area (Å²) in [5.74, 6) is 0.606. The summed E-state index contributed by atoms with van der Waals surface area (Å²) in [6.07, 6.45) is 7.62. The van der Waals surface area contributed by atoms with Gasteiger partial charge in [-0.2, -0.15) is 0 Å². The Morgan fingerprint density at radius 2 is 1.96 bits per heavy atom. The third kappa shape index (κ3) is 4.85. The normalized spacial score (nSPS) is 25.4. The average molecular weight is 310 g/mol. The van der Waals surface area contributed by atoms with Crippen LogP contribution in [0.15, 0.2) is 54.9 Å². The Morgan fingerprint density at radius 1 is 1.22 bits per heavy atom. The molecule has 122 valence electrons. The Bertz CT molecular complexity index is 643. The van der Waals surface area contributed by atoms with E-state index < -0.39 is 0 Å². The second-order valence-electron chi connectivity index (χ2n) is 6.34. The fourth-order valence-corrected chi connectivity index (χ4v) is 2.58. The van der Waals surface area contributed by atoms with Crippen LogP contribution in [-0.4, -0.2) is 5.91 Å². The lowest BCUT2D eigenvalue weighted by atomic mass is 10.00. The number of allylic oxidation sites excluding steroid dienone is 4. The molecule has 2 N–H and O–H groups in total. The van der Waals surface area contributed by atoms with Gasteiger partial charge >= 0.3 is 0 Å². The Morgan fingerprint density at radius 3 is 2.74 bits per heavy atom. The van der Waals surface area contributed by atoms with Crippen LogP contribution in [0.1, 0.15) is 39.2 Å². The maximum atomic E-state index is 12.3. The number of nitrogens with one attached hydrogen (secondary N) is 2. The Balaban J connectivity index is 2.34. The summed E-state index contributed by atoms with van der Waals surface area (Å²) in [4.78, 5) is 12.3. The van der Waals surface area contributed by atoms with Crippen molar-refractivity contribution in [2.45, 2.75) is 33.6 Å². The summed E-state index contributed by atoms with van der Waals surface area (Å²) in [5, 5.41) is 6.33. The van der Waals surface area contributed by atoms with E-state index in [1.54, 1.807) is 0 Å². The van der Waals surface area contributed by atoms with Crippen molar-refractivity contribution < 1.29 is 4.79 Å². The van der Waals surface area contributed by atoms with Crippen LogP contribution in [-0.2, 0) is 4.79 Å². The number of amides is 1. The first-order valence-electron chi connectivity index (χ1n) is 8.15. The molecule has 2 rings (SSSR count). The van der Waals surface area contributed by atoms with Crippen LogP contribution < -0.4 is 10.6 Å². The zero-order chi connectivity index (χ0) is 16.8. The summed E-state index contributed by atoms with van der Waals surface area (Å²) < 4.78 is 0. The van der Waals surface area contributed by atoms with Gasteiger partial charge in [0.1, 0.15) is 0 Å². The van der Waals surface area contributed by atoms with E-state index in [-0.39, 0.29) is 11.8 Å². The lowest BCUT2D eigenvalue weighted by Crippen LogP contribution is -2.16. The summed E-state index contributed by atoms with van der Waals surface area (Å²) in [6.45, 7) is 10.4. The van der Waals surface area contributed by atoms with E-state index in [4.69, 9.17) is 0 Å². The van der Waals surface area contributed by atoms with Crippen LogP contribution in [0.5, 0.6) is 0 Å². The van der Waals surface area contributed by atoms with Gasteiger partial charge in [0.15, 0.2) is 0 Å². The summed E-state index contributed by atoms with van der Waals surface area (Å²) >= 11 is 0. The summed E-state index contributed by atoms with van der Waals surface area (Å²) in [6, 6.07) is 7.88. The minimum Gasteiger partial charge on any atom is -0.365 e. The molecule has 0 saturated heterocycles. The van der Waals surface area contributed by atoms with Crippen LogP contribution in [0.3, 0.4) is 0 Å². The zero-order valence-electron chi connectivity index (χ0n) is 14.2. The number of rotatable bonds is 0. The van der Waals surface area contributed by atoms with Gasteiger partial charge in [-0.15, -0.1) is 0 Å². The van der Waals surface area contributed by atoms with E-state index in [1.165, 1.54) is 0 Å². The SMILES string of the molecule is C=C1N/C=C(\C)c2ccccc2NC(=O)CC(C)C=CCC1C. The van der Waals surface area contributed by atoms with Crippen LogP contribution >= 0.6 is 0 Å². The Kier molecular flexibility index (Phi) is 5.80. The van der Waals surface area contributed by atoms with Gasteiger partial charge in [0, 0.05) is 29.6 Å². The first kappa shape index (κ1) is 17.1. The Labute approximate surface area is 139 Å². The van der Waals surface area contributed by atoms with Gasteiger partial charge in [-0.25, -0.2) is 0 Å². The molecule has 0 radical (unpaired) electrons. The first-order valence-corrected chi connectivity index (χ1v) is 8.15. The van der Waals surface area contributed by atoms with Gasteiger partial charge in [-0.3, -0.25) is 4.79 Å². The van der Waals surface area contributed by atoms with Crippen LogP contribution in [0.25, 0.3) is 5.57 Å². The van der Waals surface area contributed by atoms with Gasteiger partial charge in [0.25, 0.3) is 0 Å². The van der Waals surface area contributed by atoms with E-state index in [0.717, 1.165) is 28.9 Å². The molecule has 0 aliphatic carbocycles. The Hall–Kier alpha value is -2.29. The minimum absolute atomic E-state index is 0.0462. The van der Waals surface area contributed by atoms with E-state index in [0.29, 0.717) is 12.3 Å². The number of carbonyl (C=O) groups excluding carboxylic acids is 1. The quantitative estimate of drug-likeness (QED) is 0.681. The van der Waals surface area contributed by atoms with Crippen molar-refractivity contribution in [3.8, 4) is 0 Å². The highest BCUT2D eigenvalue weighted by Crippen LogP contribution is 2.24. The molecule has 0 fully saturated rings. The molecule has 0 saturated carbocycles. The largest absolute Gasteiger partial charge is 0.365 e. The number of fused-ring (bicyclic) bond motifs is 1. The molecule has 1 aromatic carbocycles. The van der Waals surface area contributed by atoms with Crippen molar-refractivity contribution in [3.05, 3.63) is 60.5 Å². The molecule has 1 heterocycles. The number of para-hydroxylation sites is 1. The molecular weight excluding hydrogens is 284 g/mol. The molecule has 1 aliphatic rings. The van der Waals surface area contributed by atoms with Crippen LogP contribution in [0, 0.1) is 11.8 Å². The second-order valence-corrected chi connectivity index (χ2v) is 6.34. The number of benzene rings is 1. The fraction of sp³-hybridized carbons (Fsp3) is 0.350. The van der Waals surface area contributed by atoms with Gasteiger partial charge in [0.05, 0.1) is 0 Å². The van der Waals surface area contributed by atoms with Crippen molar-refractivity contribution in [3.63, 3.8) is 0 Å². The predicted octanol–water partition coefficient (Wildman–Crippen LogP) is 4.71. The van der Waals surface area contributed by atoms with Gasteiger partial charge < -0.3 is 10.6 Å². The van der Waals surface area contributed by atoms with Crippen LogP contribution in [0.4, 0.5) is 5.69 Å². The molecular formula is C20H26N2O. The van der Waals surface area contributed by atoms with E-state index in [2.05, 4.69) is 43.2 Å². The molecule has 1 amide bonds. The highest BCUT2D eigenvalue weighted by atomic mass is 16.1. The van der Waals surface area contributed by atoms with Crippen molar-refractivity contribution >= 4 is 17.2 Å². The van der Waals surface area contributed by atoms with Crippen molar-refractivity contribution in [1.29, 1.82) is 0 Å². The van der Waals surface area contributed by atoms with E-state index in [9.17, 15) is 4.79 Å². The third-order valence-corrected chi connectivity index (χ3v) is 4.16. The number of anilines is 1. The minimum atomic E-state index is 0.0462. The first-order chi connectivity index (χ1) is 11.0. The van der Waals surface area contributed by atoms with E-state index in [1.807, 2.05) is 37.4 Å². The molecule has 3 heteroatoms. The molecule has 23 heavy (non-hydrogen) atoms. The zero-order valence-corrected chi connectivity index (χ0v) is 14.2. The van der Waals surface area contributed by atoms with E-state index >= 15 is 0 Å². The number of hydrogen-bond donors (Lipinski definition) is 2. The standard InChI is InChI=1S/C20H26N2O/c1-14-8-7-9-15(2)17(4)21-13-16(3)18-10-5-6-11-19(18)22-20(23)12-14/h5-8,10-11,13-15,21H,4,9,12H2,1-3H3,(H,22,23)/b8-7?,16-13+. The van der Waals surface area contributed by atoms with Gasteiger partial charge in [0.2, 0.25) is 5.91 Å². The maximum Gasteiger partial charge on any atom is 0.224 e. The number of carbonyl (C=O) groups is 1. The average Bonchev–Trinajstić information content (AvgIpc) is 2.51. The lowest BCUT2D eigenvalue weighted by Gasteiger charge is -2.17. The molecule has 0 spiro atoms. The highest BCUT2D eigenvalue weighted by molar-refractivity contribution is 5.94. The summed E-state index contributed by atoms with van der Waals surface area (Å²) in [5.41, 5.74) is 3.93. The van der Waals surface area contributed by atoms with Crippen molar-refractivity contribution in [2.24, 2.45) is 11.8 Å². The summed E-state index contributed by atoms with van der Waals surface area (Å²) in [7, 11) is 0. The second kappa shape index (κ2) is 7.82. The molecule has 0 bridgehead atoms. The lowest BCUT2D eigenvalue weighted by molar-refractivity contribution is -0.116. The van der Waals surface area contributed by atoms with Crippen LogP contribution in [0.2, 0.25) is 0 Å². The van der Waals surface area contributed by atoms with Gasteiger partial charge in [-0.05, 0) is 36.8 Å². The van der Waals surface area contributed by atoms with Crippen molar-refractivity contribution in [1.82, 2.24) is 5.32 Å². The predicted molar refractivity (Wildman–Crippen MR) is 97.7 cm³/mol. The molecule has 2 unspecified atom stereocenters. The molecule has 1 aromatic rings. The fourth-order valence-electron chi connectivity index (χ4n) is 2.58. The molecule has 2 atom stereocenters. The highest BCUT2D eigenvalue weighted by Gasteiger charge is 2.12. The van der Waals surface area contributed by atoms with Crippen molar-refractivity contribution in [2.75, 3.05) is 5.32 Å². The van der Waals surface area contributed by atoms with Gasteiger partial charge in [-0.1, -0.05) is 50.8 Å². The third-order valence-electron chi connectivity index (χ3n) is 4.16. The molecule has 1 aliphatic heterocycles. The molecule has 3 nitrogen and oxygen atoms in total. The topological polar surface area (TPSA) is 41.1 Å². The maximum absolute atomic E-state index is 12.3. The smallest absolute Gasteiger partial charge is 0.224 e. The molecule has 0 aromatic heterocycles. The monoisotopic (exact) mass is 310 g/mol. The number of hydrogen-bond acceptors (Lipinski definition) is 2.